The molecule has 1 heterocycles. The molecule has 0 spiro atoms. The molecule has 0 aliphatic heterocycles. The van der Waals surface area contributed by atoms with Gasteiger partial charge in [-0.1, -0.05) is 53.8 Å². The topological polar surface area (TPSA) is 80.4 Å². The number of hydrogen-bond donors (Lipinski definition) is 1. The highest BCUT2D eigenvalue weighted by atomic mass is 79.9. The lowest BCUT2D eigenvalue weighted by molar-refractivity contribution is -0.384. The first-order valence-corrected chi connectivity index (χ1v) is 8.50. The Kier molecular flexibility index (Phi) is 4.97. The molecule has 8 heteroatoms. The molecule has 1 N–H and O–H groups in total. The van der Waals surface area contributed by atoms with Crippen molar-refractivity contribution in [3.63, 3.8) is 0 Å². The van der Waals surface area contributed by atoms with Crippen molar-refractivity contribution in [2.24, 2.45) is 5.10 Å². The zero-order valence-corrected chi connectivity index (χ0v) is 14.6. The molecule has 0 fully saturated rings. The third kappa shape index (κ3) is 3.84. The van der Waals surface area contributed by atoms with Gasteiger partial charge in [-0.15, -0.1) is 0 Å². The van der Waals surface area contributed by atoms with E-state index in [-0.39, 0.29) is 5.69 Å². The van der Waals surface area contributed by atoms with Gasteiger partial charge in [-0.2, -0.15) is 5.10 Å². The van der Waals surface area contributed by atoms with E-state index in [1.165, 1.54) is 29.7 Å². The molecular weight excluding hydrogens is 392 g/mol. The summed E-state index contributed by atoms with van der Waals surface area (Å²) >= 11 is 4.93. The van der Waals surface area contributed by atoms with Gasteiger partial charge < -0.3 is 0 Å². The fourth-order valence-electron chi connectivity index (χ4n) is 2.00. The highest BCUT2D eigenvalue weighted by Crippen LogP contribution is 2.35. The molecule has 120 valence electrons. The number of rotatable bonds is 5. The zero-order chi connectivity index (χ0) is 16.9. The Labute approximate surface area is 150 Å². The molecule has 24 heavy (non-hydrogen) atoms. The maximum Gasteiger partial charge on any atom is 0.270 e. The van der Waals surface area contributed by atoms with Crippen molar-refractivity contribution < 1.29 is 4.92 Å². The first-order valence-electron chi connectivity index (χ1n) is 6.89. The smallest absolute Gasteiger partial charge is 0.258 e. The Morgan fingerprint density at radius 1 is 1.21 bits per heavy atom. The monoisotopic (exact) mass is 402 g/mol. The van der Waals surface area contributed by atoms with Gasteiger partial charge >= 0.3 is 0 Å². The number of non-ortho nitro benzene ring substituents is 1. The summed E-state index contributed by atoms with van der Waals surface area (Å²) in [6.45, 7) is 0. The standard InChI is InChI=1S/C16H11BrN4O2S/c17-15-14(12-6-2-1-3-7-12)19-16(24-15)20-18-10-11-5-4-8-13(9-11)21(22)23/h1-10H,(H,19,20)/b18-10-. The van der Waals surface area contributed by atoms with Crippen LogP contribution < -0.4 is 5.43 Å². The first-order chi connectivity index (χ1) is 11.6. The molecule has 0 aliphatic carbocycles. The van der Waals surface area contributed by atoms with E-state index < -0.39 is 4.92 Å². The molecule has 6 nitrogen and oxygen atoms in total. The van der Waals surface area contributed by atoms with Crippen molar-refractivity contribution in [3.8, 4) is 11.3 Å². The Morgan fingerprint density at radius 3 is 2.75 bits per heavy atom. The van der Waals surface area contributed by atoms with Gasteiger partial charge in [0.1, 0.15) is 0 Å². The average molecular weight is 403 g/mol. The Balaban J connectivity index is 1.73. The molecule has 0 unspecified atom stereocenters. The second kappa shape index (κ2) is 7.33. The highest BCUT2D eigenvalue weighted by molar-refractivity contribution is 9.11. The predicted molar refractivity (Wildman–Crippen MR) is 99.6 cm³/mol. The number of hydrazone groups is 1. The summed E-state index contributed by atoms with van der Waals surface area (Å²) in [4.78, 5) is 14.8. The third-order valence-corrected chi connectivity index (χ3v) is 4.70. The lowest BCUT2D eigenvalue weighted by atomic mass is 10.2. The zero-order valence-electron chi connectivity index (χ0n) is 12.2. The lowest BCUT2D eigenvalue weighted by Crippen LogP contribution is -1.92. The van der Waals surface area contributed by atoms with Gasteiger partial charge in [0.05, 0.1) is 20.6 Å². The maximum atomic E-state index is 10.8. The van der Waals surface area contributed by atoms with Crippen LogP contribution in [0.15, 0.2) is 63.5 Å². The Bertz CT molecular complexity index is 896. The molecule has 0 bridgehead atoms. The number of benzene rings is 2. The van der Waals surface area contributed by atoms with Crippen molar-refractivity contribution >= 4 is 44.3 Å². The second-order valence-electron chi connectivity index (χ2n) is 4.73. The van der Waals surface area contributed by atoms with Crippen LogP contribution in [0, 0.1) is 10.1 Å². The van der Waals surface area contributed by atoms with Crippen LogP contribution in [0.3, 0.4) is 0 Å². The summed E-state index contributed by atoms with van der Waals surface area (Å²) in [6, 6.07) is 16.1. The number of nitrogens with zero attached hydrogens (tertiary/aromatic N) is 3. The van der Waals surface area contributed by atoms with Gasteiger partial charge in [0.15, 0.2) is 0 Å². The van der Waals surface area contributed by atoms with Gasteiger partial charge in [-0.3, -0.25) is 15.5 Å². The Morgan fingerprint density at radius 2 is 2.00 bits per heavy atom. The molecule has 0 saturated heterocycles. The molecule has 0 atom stereocenters. The number of thiazole rings is 1. The fraction of sp³-hybridized carbons (Fsp3) is 0. The van der Waals surface area contributed by atoms with E-state index in [9.17, 15) is 10.1 Å². The van der Waals surface area contributed by atoms with Crippen LogP contribution in [0.25, 0.3) is 11.3 Å². The molecule has 3 aromatic rings. The van der Waals surface area contributed by atoms with Gasteiger partial charge in [0.2, 0.25) is 5.13 Å². The molecule has 3 rings (SSSR count). The van der Waals surface area contributed by atoms with E-state index in [0.717, 1.165) is 15.0 Å². The van der Waals surface area contributed by atoms with E-state index in [1.54, 1.807) is 12.1 Å². The highest BCUT2D eigenvalue weighted by Gasteiger charge is 2.10. The van der Waals surface area contributed by atoms with Crippen molar-refractivity contribution in [3.05, 3.63) is 74.1 Å². The molecule has 0 aliphatic rings. The lowest BCUT2D eigenvalue weighted by Gasteiger charge is -1.96. The van der Waals surface area contributed by atoms with Crippen LogP contribution in [0.5, 0.6) is 0 Å². The maximum absolute atomic E-state index is 10.8. The number of hydrogen-bond acceptors (Lipinski definition) is 6. The summed E-state index contributed by atoms with van der Waals surface area (Å²) < 4.78 is 0.904. The fourth-order valence-corrected chi connectivity index (χ4v) is 3.45. The largest absolute Gasteiger partial charge is 0.270 e. The van der Waals surface area contributed by atoms with Crippen molar-refractivity contribution in [2.45, 2.75) is 0 Å². The van der Waals surface area contributed by atoms with Crippen LogP contribution in [-0.2, 0) is 0 Å². The van der Waals surface area contributed by atoms with Crippen molar-refractivity contribution in [1.82, 2.24) is 4.98 Å². The van der Waals surface area contributed by atoms with Gasteiger partial charge in [0, 0.05) is 23.3 Å². The van der Waals surface area contributed by atoms with Crippen LogP contribution in [-0.4, -0.2) is 16.1 Å². The molecule has 0 radical (unpaired) electrons. The molecule has 0 amide bonds. The van der Waals surface area contributed by atoms with E-state index in [1.807, 2.05) is 30.3 Å². The van der Waals surface area contributed by atoms with Crippen LogP contribution in [0.1, 0.15) is 5.56 Å². The summed E-state index contributed by atoms with van der Waals surface area (Å²) in [5.74, 6) is 0. The second-order valence-corrected chi connectivity index (χ2v) is 7.05. The number of nitro groups is 1. The summed E-state index contributed by atoms with van der Waals surface area (Å²) in [7, 11) is 0. The average Bonchev–Trinajstić information content (AvgIpc) is 2.96. The third-order valence-electron chi connectivity index (χ3n) is 3.09. The normalized spacial score (nSPS) is 10.9. The summed E-state index contributed by atoms with van der Waals surface area (Å²) in [6.07, 6.45) is 1.52. The van der Waals surface area contributed by atoms with Gasteiger partial charge in [-0.25, -0.2) is 4.98 Å². The predicted octanol–water partition coefficient (Wildman–Crippen LogP) is 4.93. The molecule has 1 aromatic heterocycles. The molecule has 2 aromatic carbocycles. The summed E-state index contributed by atoms with van der Waals surface area (Å²) in [5.41, 5.74) is 5.37. The minimum Gasteiger partial charge on any atom is -0.258 e. The summed E-state index contributed by atoms with van der Waals surface area (Å²) in [5, 5.41) is 15.5. The van der Waals surface area contributed by atoms with Gasteiger partial charge in [-0.05, 0) is 15.9 Å². The van der Waals surface area contributed by atoms with E-state index in [2.05, 4.69) is 31.4 Å². The number of halogens is 1. The van der Waals surface area contributed by atoms with E-state index in [0.29, 0.717) is 10.7 Å². The van der Waals surface area contributed by atoms with E-state index in [4.69, 9.17) is 0 Å². The quantitative estimate of drug-likeness (QED) is 0.372. The Hall–Kier alpha value is -2.58. The van der Waals surface area contributed by atoms with Crippen LogP contribution in [0.2, 0.25) is 0 Å². The minimum atomic E-state index is -0.436. The SMILES string of the molecule is O=[N+]([O-])c1cccc(/C=N\Nc2nc(-c3ccccc3)c(Br)s2)c1. The number of nitrogens with one attached hydrogen (secondary N) is 1. The van der Waals surface area contributed by atoms with Crippen LogP contribution in [0.4, 0.5) is 10.8 Å². The van der Waals surface area contributed by atoms with Crippen LogP contribution >= 0.6 is 27.3 Å². The first kappa shape index (κ1) is 16.3. The molecular formula is C16H11BrN4O2S. The number of anilines is 1. The number of nitro benzene ring substituents is 1. The number of aromatic nitrogens is 1. The van der Waals surface area contributed by atoms with Gasteiger partial charge in [0.25, 0.3) is 5.69 Å². The van der Waals surface area contributed by atoms with Crippen molar-refractivity contribution in [1.29, 1.82) is 0 Å². The minimum absolute atomic E-state index is 0.0299. The molecule has 0 saturated carbocycles. The van der Waals surface area contributed by atoms with Crippen molar-refractivity contribution in [2.75, 3.05) is 5.43 Å². The van der Waals surface area contributed by atoms with E-state index >= 15 is 0 Å².